The van der Waals surface area contributed by atoms with Gasteiger partial charge in [-0.1, -0.05) is 158 Å². The van der Waals surface area contributed by atoms with Crippen molar-refractivity contribution < 1.29 is 0 Å². The zero-order valence-electron chi connectivity index (χ0n) is 30.1. The maximum atomic E-state index is 5.57. The lowest BCUT2D eigenvalue weighted by molar-refractivity contribution is 0.576. The van der Waals surface area contributed by atoms with Crippen LogP contribution in [0.5, 0.6) is 0 Å². The zero-order chi connectivity index (χ0) is 35.8. The van der Waals surface area contributed by atoms with Gasteiger partial charge in [-0.05, 0) is 64.3 Å². The van der Waals surface area contributed by atoms with Crippen LogP contribution in [-0.2, 0) is 0 Å². The first-order valence-corrected chi connectivity index (χ1v) is 19.2. The van der Waals surface area contributed by atoms with E-state index in [1.54, 1.807) is 0 Å². The van der Waals surface area contributed by atoms with Crippen LogP contribution in [-0.4, -0.2) is 15.0 Å². The average Bonchev–Trinajstić information content (AvgIpc) is 3.73. The summed E-state index contributed by atoms with van der Waals surface area (Å²) in [5, 5.41) is 6.26. The Kier molecular flexibility index (Phi) is 7.14. The third kappa shape index (κ3) is 4.80. The Morgan fingerprint density at radius 1 is 0.685 bits per heavy atom. The fourth-order valence-corrected chi connectivity index (χ4v) is 9.64. The van der Waals surface area contributed by atoms with Crippen LogP contribution in [0.25, 0.3) is 60.4 Å². The first-order valence-electron chi connectivity index (χ1n) is 19.2. The van der Waals surface area contributed by atoms with E-state index < -0.39 is 0 Å². The van der Waals surface area contributed by atoms with Crippen LogP contribution in [0.15, 0.2) is 157 Å². The van der Waals surface area contributed by atoms with Crippen molar-refractivity contribution in [3.05, 3.63) is 180 Å². The highest BCUT2D eigenvalue weighted by molar-refractivity contribution is 6.21. The van der Waals surface area contributed by atoms with E-state index in [1.165, 1.54) is 49.2 Å². The van der Waals surface area contributed by atoms with Gasteiger partial charge in [0.1, 0.15) is 0 Å². The van der Waals surface area contributed by atoms with Crippen molar-refractivity contribution in [3.8, 4) is 23.1 Å². The van der Waals surface area contributed by atoms with Gasteiger partial charge in [-0.2, -0.15) is 0 Å². The summed E-state index contributed by atoms with van der Waals surface area (Å²) < 4.78 is 0. The van der Waals surface area contributed by atoms with Crippen LogP contribution in [0.3, 0.4) is 0 Å². The van der Waals surface area contributed by atoms with Crippen molar-refractivity contribution >= 4 is 49.2 Å². The maximum Gasteiger partial charge on any atom is 0.157 e. The van der Waals surface area contributed by atoms with Gasteiger partial charge < -0.3 is 0 Å². The third-order valence-corrected chi connectivity index (χ3v) is 12.3. The van der Waals surface area contributed by atoms with Crippen LogP contribution in [0, 0.1) is 35.5 Å². The van der Waals surface area contributed by atoms with E-state index in [2.05, 4.69) is 171 Å². The summed E-state index contributed by atoms with van der Waals surface area (Å²) in [7, 11) is 0. The summed E-state index contributed by atoms with van der Waals surface area (Å²) in [5.74, 6) is 8.60. The third-order valence-electron chi connectivity index (χ3n) is 12.3. The maximum absolute atomic E-state index is 5.57. The van der Waals surface area contributed by atoms with Gasteiger partial charge in [0.2, 0.25) is 0 Å². The lowest BCUT2D eigenvalue weighted by Crippen LogP contribution is -2.19. The highest BCUT2D eigenvalue weighted by Gasteiger charge is 2.43. The van der Waals surface area contributed by atoms with Gasteiger partial charge >= 0.3 is 0 Å². The minimum atomic E-state index is 0.136. The molecule has 256 valence electrons. The van der Waals surface area contributed by atoms with E-state index in [-0.39, 0.29) is 17.8 Å². The first kappa shape index (κ1) is 31.2. The molecule has 2 bridgehead atoms. The van der Waals surface area contributed by atoms with Crippen LogP contribution in [0.1, 0.15) is 48.5 Å². The molecule has 0 N–H and O–H groups in total. The summed E-state index contributed by atoms with van der Waals surface area (Å²) in [5.41, 5.74) is 11.8. The number of hydrogen-bond acceptors (Lipinski definition) is 3. The molecule has 54 heavy (non-hydrogen) atoms. The molecule has 5 aliphatic rings. The number of hydrogen-bond donors (Lipinski definition) is 0. The number of nitrogens with zero attached hydrogens (tertiary/aromatic N) is 3. The van der Waals surface area contributed by atoms with E-state index in [0.29, 0.717) is 11.8 Å². The number of para-hydroxylation sites is 1. The van der Waals surface area contributed by atoms with Crippen molar-refractivity contribution in [2.45, 2.75) is 25.7 Å². The monoisotopic (exact) mass is 691 g/mol. The molecule has 0 saturated carbocycles. The molecule has 2 heterocycles. The van der Waals surface area contributed by atoms with E-state index in [0.717, 1.165) is 52.4 Å². The highest BCUT2D eigenvalue weighted by atomic mass is 14.9. The number of fused-ring (bicyclic) bond motifs is 8. The second kappa shape index (κ2) is 12.4. The standard InChI is InChI=1S/C51H37N3/c1-31-41-30-44(50-40-28-27-33-16-9-11-23-37(33)46(40)39-24-12-13-26-45(39)52-50)42(31)29-43(41)47-48(34-17-4-2-5-18-34)53-51(54-49(47)35-19-6-3-7-20-35)38-25-14-21-32-15-8-10-22-36(32)38/h2-13,15-19,22-28,30-32,35-36,42H,20,29H2,1H3/t31-,32?,35?,36?,42?/m1/s1. The molecule has 2 aromatic heterocycles. The molecule has 3 nitrogen and oxygen atoms in total. The van der Waals surface area contributed by atoms with Crippen LogP contribution in [0.2, 0.25) is 0 Å². The quantitative estimate of drug-likeness (QED) is 0.133. The second-order valence-electron chi connectivity index (χ2n) is 15.2. The molecular weight excluding hydrogens is 655 g/mol. The Morgan fingerprint density at radius 3 is 2.35 bits per heavy atom. The largest absolute Gasteiger partial charge is 0.247 e. The molecule has 0 saturated heterocycles. The number of allylic oxidation sites excluding steroid dienone is 14. The molecule has 4 unspecified atom stereocenters. The van der Waals surface area contributed by atoms with E-state index in [1.807, 2.05) is 0 Å². The highest BCUT2D eigenvalue weighted by Crippen LogP contribution is 2.57. The number of pyridine rings is 1. The Bertz CT molecular complexity index is 2850. The van der Waals surface area contributed by atoms with Crippen molar-refractivity contribution in [1.82, 2.24) is 15.0 Å². The normalized spacial score (nSPS) is 23.5. The Labute approximate surface area is 315 Å². The SMILES string of the molecule is C[C@@H]1C2=C(c3c(-c4ccccc4)nc(C4=CC#CC5C=CC=CC45)nc3C3C=CC=CC3)CC1C(c1nc3ccccc3c3c1ccc1ccccc13)=C2. The van der Waals surface area contributed by atoms with Gasteiger partial charge in [-0.15, -0.1) is 0 Å². The van der Waals surface area contributed by atoms with E-state index in [9.17, 15) is 0 Å². The topological polar surface area (TPSA) is 38.7 Å². The van der Waals surface area contributed by atoms with Gasteiger partial charge in [-0.3, -0.25) is 0 Å². The van der Waals surface area contributed by atoms with Crippen LogP contribution < -0.4 is 0 Å². The lowest BCUT2D eigenvalue weighted by atomic mass is 9.79. The fourth-order valence-electron chi connectivity index (χ4n) is 9.64. The van der Waals surface area contributed by atoms with E-state index >= 15 is 0 Å². The molecule has 6 aromatic rings. The summed E-state index contributed by atoms with van der Waals surface area (Å²) in [6, 6.07) is 32.7. The van der Waals surface area contributed by atoms with Crippen molar-refractivity contribution in [2.24, 2.45) is 23.7 Å². The summed E-state index contributed by atoms with van der Waals surface area (Å²) >= 11 is 0. The Morgan fingerprint density at radius 2 is 1.50 bits per heavy atom. The molecule has 0 fully saturated rings. The lowest BCUT2D eigenvalue weighted by Gasteiger charge is -2.27. The smallest absolute Gasteiger partial charge is 0.157 e. The second-order valence-corrected chi connectivity index (χ2v) is 15.2. The summed E-state index contributed by atoms with van der Waals surface area (Å²) in [6.07, 6.45) is 24.0. The van der Waals surface area contributed by atoms with Gasteiger partial charge in [0.15, 0.2) is 5.82 Å². The van der Waals surface area contributed by atoms with Gasteiger partial charge in [-0.25, -0.2) is 15.0 Å². The number of benzene rings is 4. The average molecular weight is 692 g/mol. The van der Waals surface area contributed by atoms with Crippen molar-refractivity contribution in [1.29, 1.82) is 0 Å². The molecule has 5 atom stereocenters. The van der Waals surface area contributed by atoms with Crippen LogP contribution >= 0.6 is 0 Å². The molecule has 3 heteroatoms. The minimum absolute atomic E-state index is 0.136. The summed E-state index contributed by atoms with van der Waals surface area (Å²) in [4.78, 5) is 16.5. The van der Waals surface area contributed by atoms with Gasteiger partial charge in [0, 0.05) is 50.6 Å². The molecule has 0 amide bonds. The predicted octanol–water partition coefficient (Wildman–Crippen LogP) is 11.9. The van der Waals surface area contributed by atoms with Crippen molar-refractivity contribution in [3.63, 3.8) is 0 Å². The molecule has 4 aromatic carbocycles. The predicted molar refractivity (Wildman–Crippen MR) is 223 cm³/mol. The van der Waals surface area contributed by atoms with Crippen LogP contribution in [0.4, 0.5) is 0 Å². The number of aromatic nitrogens is 3. The minimum Gasteiger partial charge on any atom is -0.247 e. The molecule has 0 radical (unpaired) electrons. The van der Waals surface area contributed by atoms with Gasteiger partial charge in [0.25, 0.3) is 0 Å². The van der Waals surface area contributed by atoms with Gasteiger partial charge in [0.05, 0.1) is 22.6 Å². The molecule has 11 rings (SSSR count). The number of rotatable bonds is 5. The fraction of sp³-hybridized carbons (Fsp3) is 0.157. The van der Waals surface area contributed by atoms with Crippen molar-refractivity contribution in [2.75, 3.05) is 0 Å². The molecule has 0 spiro atoms. The molecule has 5 aliphatic carbocycles. The summed E-state index contributed by atoms with van der Waals surface area (Å²) in [6.45, 7) is 2.41. The Balaban J connectivity index is 1.14. The Hall–Kier alpha value is -6.37. The molecule has 0 aliphatic heterocycles. The molecular formula is C51H37N3. The van der Waals surface area contributed by atoms with E-state index in [4.69, 9.17) is 15.0 Å². The first-order chi connectivity index (χ1) is 26.7. The zero-order valence-corrected chi connectivity index (χ0v) is 30.1.